The molecule has 1 amide bonds. The van der Waals surface area contributed by atoms with Crippen LogP contribution in [0.25, 0.3) is 10.2 Å². The number of nitrogens with zero attached hydrogens (tertiary/aromatic N) is 4. The number of benzene rings is 1. The number of amides is 1. The molecule has 108 valence electrons. The molecule has 0 aliphatic rings. The number of halogens is 1. The molecule has 0 radical (unpaired) electrons. The second-order valence-electron chi connectivity index (χ2n) is 4.53. The molecule has 0 fully saturated rings. The molecule has 0 atom stereocenters. The summed E-state index contributed by atoms with van der Waals surface area (Å²) in [6.07, 6.45) is 1.73. The van der Waals surface area contributed by atoms with Gasteiger partial charge < -0.3 is 4.57 Å². The number of hydrogen-bond donors (Lipinski definition) is 0. The molecule has 0 saturated carbocycles. The Balaban J connectivity index is 2.15. The third kappa shape index (κ3) is 2.71. The highest BCUT2D eigenvalue weighted by Gasteiger charge is 2.10. The molecular weight excluding hydrogens is 352 g/mol. The summed E-state index contributed by atoms with van der Waals surface area (Å²) in [5.41, 5.74) is 1.44. The topological polar surface area (TPSA) is 52.2 Å². The molecule has 7 heteroatoms. The first-order valence-electron chi connectivity index (χ1n) is 6.46. The van der Waals surface area contributed by atoms with Gasteiger partial charge in [0.2, 0.25) is 0 Å². The number of aryl methyl sites for hydroxylation is 2. The molecule has 0 N–H and O–H groups in total. The van der Waals surface area contributed by atoms with Gasteiger partial charge in [-0.1, -0.05) is 27.3 Å². The highest BCUT2D eigenvalue weighted by molar-refractivity contribution is 9.10. The van der Waals surface area contributed by atoms with Crippen LogP contribution in [0, 0.1) is 0 Å². The zero-order valence-electron chi connectivity index (χ0n) is 11.6. The zero-order chi connectivity index (χ0) is 15.0. The fourth-order valence-corrected chi connectivity index (χ4v) is 3.76. The van der Waals surface area contributed by atoms with E-state index in [-0.39, 0.29) is 5.91 Å². The number of hydrogen-bond acceptors (Lipinski definition) is 3. The lowest BCUT2D eigenvalue weighted by Gasteiger charge is -1.99. The van der Waals surface area contributed by atoms with E-state index in [1.54, 1.807) is 24.0 Å². The monoisotopic (exact) mass is 364 g/mol. The zero-order valence-corrected chi connectivity index (χ0v) is 14.0. The minimum absolute atomic E-state index is 0.316. The molecular formula is C14H13BrN4OS. The van der Waals surface area contributed by atoms with Crippen LogP contribution in [0.3, 0.4) is 0 Å². The van der Waals surface area contributed by atoms with Crippen molar-refractivity contribution in [3.05, 3.63) is 45.4 Å². The Hall–Kier alpha value is -1.73. The maximum Gasteiger partial charge on any atom is 0.300 e. The Kier molecular flexibility index (Phi) is 3.77. The summed E-state index contributed by atoms with van der Waals surface area (Å²) in [6.45, 7) is 2.80. The fourth-order valence-electron chi connectivity index (χ4n) is 2.11. The first kappa shape index (κ1) is 14.2. The molecule has 0 aliphatic carbocycles. The number of fused-ring (bicyclic) bond motifs is 1. The second kappa shape index (κ2) is 5.57. The quantitative estimate of drug-likeness (QED) is 0.701. The van der Waals surface area contributed by atoms with E-state index < -0.39 is 0 Å². The molecule has 2 aromatic heterocycles. The second-order valence-corrected chi connectivity index (χ2v) is 6.46. The summed E-state index contributed by atoms with van der Waals surface area (Å²) >= 11 is 4.97. The Morgan fingerprint density at radius 2 is 2.24 bits per heavy atom. The third-order valence-electron chi connectivity index (χ3n) is 3.09. The normalized spacial score (nSPS) is 12.2. The van der Waals surface area contributed by atoms with Crippen molar-refractivity contribution in [1.29, 1.82) is 0 Å². The van der Waals surface area contributed by atoms with Crippen molar-refractivity contribution in [3.8, 4) is 0 Å². The molecule has 0 unspecified atom stereocenters. The number of aromatic nitrogens is 3. The molecule has 0 spiro atoms. The Morgan fingerprint density at radius 3 is 2.90 bits per heavy atom. The van der Waals surface area contributed by atoms with Crippen molar-refractivity contribution in [3.63, 3.8) is 0 Å². The Labute approximate surface area is 133 Å². The van der Waals surface area contributed by atoms with Crippen LogP contribution in [0.4, 0.5) is 0 Å². The molecule has 21 heavy (non-hydrogen) atoms. The van der Waals surface area contributed by atoms with Gasteiger partial charge in [0, 0.05) is 24.3 Å². The summed E-state index contributed by atoms with van der Waals surface area (Å²) < 4.78 is 5.74. The van der Waals surface area contributed by atoms with Crippen LogP contribution >= 0.6 is 27.3 Å². The first-order chi connectivity index (χ1) is 10.1. The van der Waals surface area contributed by atoms with Gasteiger partial charge in [-0.2, -0.15) is 10.1 Å². The average Bonchev–Trinajstić information content (AvgIpc) is 3.01. The van der Waals surface area contributed by atoms with Crippen LogP contribution in [-0.4, -0.2) is 20.3 Å². The van der Waals surface area contributed by atoms with Crippen molar-refractivity contribution in [2.24, 2.45) is 12.0 Å². The molecule has 0 aliphatic heterocycles. The highest BCUT2D eigenvalue weighted by Crippen LogP contribution is 2.22. The maximum absolute atomic E-state index is 12.2. The van der Waals surface area contributed by atoms with Gasteiger partial charge in [0.05, 0.1) is 10.2 Å². The van der Waals surface area contributed by atoms with E-state index in [4.69, 9.17) is 0 Å². The molecule has 1 aromatic carbocycles. The lowest BCUT2D eigenvalue weighted by atomic mass is 10.3. The molecule has 3 rings (SSSR count). The van der Waals surface area contributed by atoms with E-state index in [9.17, 15) is 4.79 Å². The van der Waals surface area contributed by atoms with Crippen LogP contribution in [0.2, 0.25) is 0 Å². The van der Waals surface area contributed by atoms with E-state index in [0.717, 1.165) is 21.2 Å². The van der Waals surface area contributed by atoms with Gasteiger partial charge in [0.15, 0.2) is 10.5 Å². The standard InChI is InChI=1S/C14H13BrN4OS/c1-3-19-11-5-4-9(15)8-12(11)21-14(19)16-13(20)10-6-7-18(2)17-10/h4-8H,3H2,1-2H3. The highest BCUT2D eigenvalue weighted by atomic mass is 79.9. The lowest BCUT2D eigenvalue weighted by Crippen LogP contribution is -2.16. The first-order valence-corrected chi connectivity index (χ1v) is 8.07. The van der Waals surface area contributed by atoms with Crippen LogP contribution in [0.5, 0.6) is 0 Å². The van der Waals surface area contributed by atoms with Gasteiger partial charge in [-0.25, -0.2) is 0 Å². The third-order valence-corrected chi connectivity index (χ3v) is 4.63. The lowest BCUT2D eigenvalue weighted by molar-refractivity contribution is 0.0992. The van der Waals surface area contributed by atoms with Crippen molar-refractivity contribution in [2.75, 3.05) is 0 Å². The Bertz CT molecular complexity index is 890. The predicted octanol–water partition coefficient (Wildman–Crippen LogP) is 2.96. The molecule has 2 heterocycles. The summed E-state index contributed by atoms with van der Waals surface area (Å²) in [7, 11) is 1.78. The number of thiazole rings is 1. The van der Waals surface area contributed by atoms with Gasteiger partial charge in [-0.3, -0.25) is 9.48 Å². The van der Waals surface area contributed by atoms with Crippen molar-refractivity contribution < 1.29 is 4.79 Å². The number of rotatable bonds is 2. The summed E-state index contributed by atoms with van der Waals surface area (Å²) in [5, 5.41) is 4.09. The minimum Gasteiger partial charge on any atom is -0.317 e. The largest absolute Gasteiger partial charge is 0.317 e. The van der Waals surface area contributed by atoms with Crippen molar-refractivity contribution in [1.82, 2.24) is 14.3 Å². The fraction of sp³-hybridized carbons (Fsp3) is 0.214. The molecule has 0 saturated heterocycles. The predicted molar refractivity (Wildman–Crippen MR) is 86.3 cm³/mol. The smallest absolute Gasteiger partial charge is 0.300 e. The van der Waals surface area contributed by atoms with Crippen molar-refractivity contribution in [2.45, 2.75) is 13.5 Å². The van der Waals surface area contributed by atoms with Gasteiger partial charge >= 0.3 is 0 Å². The van der Waals surface area contributed by atoms with E-state index in [1.165, 1.54) is 11.3 Å². The van der Waals surface area contributed by atoms with E-state index in [0.29, 0.717) is 10.5 Å². The van der Waals surface area contributed by atoms with Crippen LogP contribution in [0.1, 0.15) is 17.4 Å². The van der Waals surface area contributed by atoms with Gasteiger partial charge in [-0.05, 0) is 31.2 Å². The molecule has 3 aromatic rings. The van der Waals surface area contributed by atoms with Crippen LogP contribution in [0.15, 0.2) is 39.9 Å². The van der Waals surface area contributed by atoms with E-state index in [2.05, 4.69) is 26.0 Å². The van der Waals surface area contributed by atoms with Crippen molar-refractivity contribution >= 4 is 43.4 Å². The van der Waals surface area contributed by atoms with Crippen LogP contribution in [-0.2, 0) is 13.6 Å². The molecule has 0 bridgehead atoms. The summed E-state index contributed by atoms with van der Waals surface area (Å²) in [6, 6.07) is 7.73. The summed E-state index contributed by atoms with van der Waals surface area (Å²) in [4.78, 5) is 17.1. The van der Waals surface area contributed by atoms with Gasteiger partial charge in [-0.15, -0.1) is 0 Å². The minimum atomic E-state index is -0.316. The van der Waals surface area contributed by atoms with Crippen LogP contribution < -0.4 is 4.80 Å². The van der Waals surface area contributed by atoms with E-state index >= 15 is 0 Å². The maximum atomic E-state index is 12.2. The van der Waals surface area contributed by atoms with E-state index in [1.807, 2.05) is 29.7 Å². The van der Waals surface area contributed by atoms with Gasteiger partial charge in [0.25, 0.3) is 5.91 Å². The summed E-state index contributed by atoms with van der Waals surface area (Å²) in [5.74, 6) is -0.316. The van der Waals surface area contributed by atoms with Gasteiger partial charge in [0.1, 0.15) is 0 Å². The number of carbonyl (C=O) groups excluding carboxylic acids is 1. The Morgan fingerprint density at radius 1 is 1.43 bits per heavy atom. The number of carbonyl (C=O) groups is 1. The SMILES string of the molecule is CCn1c(=NC(=O)c2ccn(C)n2)sc2cc(Br)ccc21. The molecule has 5 nitrogen and oxygen atoms in total. The average molecular weight is 365 g/mol.